The lowest BCUT2D eigenvalue weighted by Crippen LogP contribution is -1.91. The van der Waals surface area contributed by atoms with E-state index in [-0.39, 0.29) is 5.75 Å². The zero-order valence-electron chi connectivity index (χ0n) is 10.7. The number of fused-ring (bicyclic) bond motifs is 1. The Balaban J connectivity index is 2.33. The van der Waals surface area contributed by atoms with Crippen molar-refractivity contribution in [2.45, 2.75) is 0 Å². The summed E-state index contributed by atoms with van der Waals surface area (Å²) < 4.78 is 5.22. The molecule has 4 nitrogen and oxygen atoms in total. The molecule has 0 spiro atoms. The van der Waals surface area contributed by atoms with Gasteiger partial charge in [0.2, 0.25) is 5.88 Å². The molecule has 3 rings (SSSR count). The Hall–Kier alpha value is -2.40. The van der Waals surface area contributed by atoms with Crippen LogP contribution < -0.4 is 4.74 Å². The van der Waals surface area contributed by atoms with Crippen LogP contribution in [0, 0.1) is 0 Å². The third-order valence-electron chi connectivity index (χ3n) is 3.05. The minimum atomic E-state index is 0.166. The minimum absolute atomic E-state index is 0.166. The van der Waals surface area contributed by atoms with Gasteiger partial charge in [0.15, 0.2) is 6.29 Å². The molecule has 0 fully saturated rings. The molecule has 5 heteroatoms. The summed E-state index contributed by atoms with van der Waals surface area (Å²) in [6.45, 7) is 0. The number of rotatable bonds is 3. The van der Waals surface area contributed by atoms with Crippen molar-refractivity contribution in [1.82, 2.24) is 4.98 Å². The smallest absolute Gasteiger partial charge is 0.221 e. The molecular formula is C15H11NO3S. The van der Waals surface area contributed by atoms with Gasteiger partial charge < -0.3 is 9.84 Å². The number of methoxy groups -OCH3 is 1. The molecule has 3 aromatic rings. The number of carbonyl (C=O) groups excluding carboxylic acids is 1. The number of carbonyl (C=O) groups is 1. The number of ether oxygens (including phenoxy) is 1. The Morgan fingerprint density at radius 2 is 2.15 bits per heavy atom. The van der Waals surface area contributed by atoms with Crippen molar-refractivity contribution >= 4 is 28.4 Å². The van der Waals surface area contributed by atoms with Crippen LogP contribution >= 0.6 is 11.3 Å². The van der Waals surface area contributed by atoms with E-state index in [4.69, 9.17) is 4.74 Å². The van der Waals surface area contributed by atoms with E-state index < -0.39 is 0 Å². The molecule has 0 aliphatic heterocycles. The number of aromatic nitrogens is 1. The van der Waals surface area contributed by atoms with Crippen LogP contribution in [0.4, 0.5) is 0 Å². The average molecular weight is 285 g/mol. The zero-order valence-corrected chi connectivity index (χ0v) is 11.5. The second-order valence-electron chi connectivity index (χ2n) is 4.20. The Morgan fingerprint density at radius 3 is 2.85 bits per heavy atom. The van der Waals surface area contributed by atoms with E-state index >= 15 is 0 Å². The minimum Gasteiger partial charge on any atom is -0.507 e. The maximum Gasteiger partial charge on any atom is 0.221 e. The summed E-state index contributed by atoms with van der Waals surface area (Å²) >= 11 is 1.36. The molecule has 0 saturated carbocycles. The van der Waals surface area contributed by atoms with Crippen LogP contribution in [0.2, 0.25) is 0 Å². The highest BCUT2D eigenvalue weighted by Crippen LogP contribution is 2.39. The van der Waals surface area contributed by atoms with Crippen LogP contribution in [0.1, 0.15) is 9.67 Å². The Morgan fingerprint density at radius 1 is 1.30 bits per heavy atom. The predicted octanol–water partition coefficient (Wildman–Crippen LogP) is 3.49. The lowest BCUT2D eigenvalue weighted by Gasteiger charge is -2.09. The molecule has 0 aliphatic carbocycles. The zero-order chi connectivity index (χ0) is 14.1. The Kier molecular flexibility index (Phi) is 3.12. The molecule has 0 amide bonds. The van der Waals surface area contributed by atoms with Gasteiger partial charge in [-0.25, -0.2) is 4.98 Å². The van der Waals surface area contributed by atoms with Gasteiger partial charge in [0.25, 0.3) is 0 Å². The maximum absolute atomic E-state index is 10.8. The van der Waals surface area contributed by atoms with Gasteiger partial charge in [-0.1, -0.05) is 6.07 Å². The van der Waals surface area contributed by atoms with Crippen molar-refractivity contribution in [3.8, 4) is 22.1 Å². The first-order valence-corrected chi connectivity index (χ1v) is 6.76. The summed E-state index contributed by atoms with van der Waals surface area (Å²) in [5, 5.41) is 11.6. The third kappa shape index (κ3) is 1.92. The second-order valence-corrected chi connectivity index (χ2v) is 5.32. The fraction of sp³-hybridized carbons (Fsp3) is 0.0667. The number of hydrogen-bond acceptors (Lipinski definition) is 5. The number of thiophene rings is 1. The van der Waals surface area contributed by atoms with E-state index in [0.717, 1.165) is 22.1 Å². The van der Waals surface area contributed by atoms with Gasteiger partial charge in [-0.15, -0.1) is 11.3 Å². The van der Waals surface area contributed by atoms with Crippen LogP contribution in [0.15, 0.2) is 36.5 Å². The third-order valence-corrected chi connectivity index (χ3v) is 4.10. The van der Waals surface area contributed by atoms with Gasteiger partial charge in [-0.3, -0.25) is 4.79 Å². The molecule has 0 aliphatic rings. The molecule has 20 heavy (non-hydrogen) atoms. The SMILES string of the molecule is COc1ncc(-c2ccc(C=O)s2)c2c(O)cccc12. The summed E-state index contributed by atoms with van der Waals surface area (Å²) in [6, 6.07) is 8.82. The van der Waals surface area contributed by atoms with Crippen molar-refractivity contribution in [3.63, 3.8) is 0 Å². The van der Waals surface area contributed by atoms with Crippen LogP contribution in [-0.4, -0.2) is 23.5 Å². The standard InChI is InChI=1S/C15H11NO3S/c1-19-15-10-3-2-4-12(18)14(10)11(7-16-15)13-6-5-9(8-17)20-13/h2-8,18H,1H3. The second kappa shape index (κ2) is 4.94. The number of aldehydes is 1. The highest BCUT2D eigenvalue weighted by Gasteiger charge is 2.14. The molecule has 0 saturated heterocycles. The van der Waals surface area contributed by atoms with Crippen molar-refractivity contribution in [2.75, 3.05) is 7.11 Å². The summed E-state index contributed by atoms with van der Waals surface area (Å²) in [7, 11) is 1.54. The molecule has 2 heterocycles. The van der Waals surface area contributed by atoms with E-state index in [9.17, 15) is 9.90 Å². The highest BCUT2D eigenvalue weighted by molar-refractivity contribution is 7.17. The lowest BCUT2D eigenvalue weighted by molar-refractivity contribution is 0.112. The van der Waals surface area contributed by atoms with E-state index in [0.29, 0.717) is 16.1 Å². The molecule has 0 unspecified atom stereocenters. The van der Waals surface area contributed by atoms with Crippen LogP contribution in [0.5, 0.6) is 11.6 Å². The quantitative estimate of drug-likeness (QED) is 0.748. The van der Waals surface area contributed by atoms with E-state index in [1.807, 2.05) is 12.1 Å². The molecule has 2 aromatic heterocycles. The maximum atomic E-state index is 10.8. The molecule has 0 radical (unpaired) electrons. The van der Waals surface area contributed by atoms with Crippen LogP contribution in [-0.2, 0) is 0 Å². The summed E-state index contributed by atoms with van der Waals surface area (Å²) in [4.78, 5) is 16.6. The number of pyridine rings is 1. The number of benzene rings is 1. The highest BCUT2D eigenvalue weighted by atomic mass is 32.1. The molecule has 0 bridgehead atoms. The Bertz CT molecular complexity index is 795. The number of hydrogen-bond donors (Lipinski definition) is 1. The first kappa shape index (κ1) is 12.6. The van der Waals surface area contributed by atoms with Crippen LogP contribution in [0.25, 0.3) is 21.2 Å². The Labute approximate surface area is 119 Å². The van der Waals surface area contributed by atoms with Crippen molar-refractivity contribution < 1.29 is 14.6 Å². The number of nitrogens with zero attached hydrogens (tertiary/aromatic N) is 1. The van der Waals surface area contributed by atoms with Gasteiger partial charge in [0, 0.05) is 27.4 Å². The van der Waals surface area contributed by atoms with Gasteiger partial charge in [-0.2, -0.15) is 0 Å². The molecule has 1 N–H and O–H groups in total. The van der Waals surface area contributed by atoms with Crippen molar-refractivity contribution in [2.24, 2.45) is 0 Å². The molecular weight excluding hydrogens is 274 g/mol. The topological polar surface area (TPSA) is 59.4 Å². The molecule has 100 valence electrons. The first-order chi connectivity index (χ1) is 9.74. The average Bonchev–Trinajstić information content (AvgIpc) is 2.95. The summed E-state index contributed by atoms with van der Waals surface area (Å²) in [5.74, 6) is 0.631. The lowest BCUT2D eigenvalue weighted by atomic mass is 10.1. The predicted molar refractivity (Wildman–Crippen MR) is 78.7 cm³/mol. The largest absolute Gasteiger partial charge is 0.507 e. The van der Waals surface area contributed by atoms with Crippen LogP contribution in [0.3, 0.4) is 0 Å². The molecule has 0 atom stereocenters. The fourth-order valence-corrected chi connectivity index (χ4v) is 3.01. The summed E-state index contributed by atoms with van der Waals surface area (Å²) in [6.07, 6.45) is 2.47. The number of phenolic OH excluding ortho intramolecular Hbond substituents is 1. The van der Waals surface area contributed by atoms with Gasteiger partial charge in [-0.05, 0) is 24.3 Å². The van der Waals surface area contributed by atoms with E-state index in [1.165, 1.54) is 11.3 Å². The van der Waals surface area contributed by atoms with Gasteiger partial charge >= 0.3 is 0 Å². The number of aromatic hydroxyl groups is 1. The first-order valence-electron chi connectivity index (χ1n) is 5.94. The van der Waals surface area contributed by atoms with E-state index in [1.54, 1.807) is 31.5 Å². The normalized spacial score (nSPS) is 10.7. The summed E-state index contributed by atoms with van der Waals surface area (Å²) in [5.41, 5.74) is 0.789. The number of phenols is 1. The van der Waals surface area contributed by atoms with Gasteiger partial charge in [0.1, 0.15) is 5.75 Å². The monoisotopic (exact) mass is 285 g/mol. The van der Waals surface area contributed by atoms with E-state index in [2.05, 4.69) is 4.98 Å². The van der Waals surface area contributed by atoms with Crippen molar-refractivity contribution in [1.29, 1.82) is 0 Å². The molecule has 1 aromatic carbocycles. The fourth-order valence-electron chi connectivity index (χ4n) is 2.17. The van der Waals surface area contributed by atoms with Gasteiger partial charge in [0.05, 0.1) is 12.0 Å². The van der Waals surface area contributed by atoms with Crippen molar-refractivity contribution in [3.05, 3.63) is 41.4 Å².